The number of aromatic nitrogens is 3. The van der Waals surface area contributed by atoms with E-state index < -0.39 is 5.91 Å². The van der Waals surface area contributed by atoms with Gasteiger partial charge < -0.3 is 15.5 Å². The summed E-state index contributed by atoms with van der Waals surface area (Å²) in [6.07, 6.45) is 6.56. The van der Waals surface area contributed by atoms with Crippen molar-refractivity contribution in [3.8, 4) is 23.1 Å². The number of carbonyl (C=O) groups excluding carboxylic acids is 1. The van der Waals surface area contributed by atoms with E-state index >= 15 is 0 Å². The fraction of sp³-hybridized carbons (Fsp3) is 0.111. The second kappa shape index (κ2) is 6.84. The lowest BCUT2D eigenvalue weighted by atomic mass is 10.1. The summed E-state index contributed by atoms with van der Waals surface area (Å²) in [5.41, 5.74) is 8.12. The van der Waals surface area contributed by atoms with Crippen molar-refractivity contribution < 1.29 is 9.53 Å². The molecule has 0 radical (unpaired) electrons. The predicted octanol–water partition coefficient (Wildman–Crippen LogP) is 2.42. The van der Waals surface area contributed by atoms with Crippen LogP contribution in [0.25, 0.3) is 28.2 Å². The number of H-pyrrole nitrogens is 1. The zero-order chi connectivity index (χ0) is 17.8. The van der Waals surface area contributed by atoms with Crippen LogP contribution >= 0.6 is 0 Å². The van der Waals surface area contributed by atoms with Crippen LogP contribution in [-0.4, -0.2) is 27.5 Å². The standard InChI is InChI=1S/C18H15N5O2/c1-2-25-16-4-3-11(8-21-16)13-6-15-14(5-12(7-19)17(20)24)10-23-18(15)22-9-13/h3-6,8-10H,2H2,1H3,(H2,20,24)(H,22,23)/b12-5+. The van der Waals surface area contributed by atoms with Gasteiger partial charge in [-0.15, -0.1) is 0 Å². The molecular formula is C18H15N5O2. The van der Waals surface area contributed by atoms with Crippen molar-refractivity contribution >= 4 is 23.0 Å². The third-order valence-electron chi connectivity index (χ3n) is 3.61. The third kappa shape index (κ3) is 3.33. The summed E-state index contributed by atoms with van der Waals surface area (Å²) in [5.74, 6) is -0.206. The number of pyridine rings is 2. The number of hydrogen-bond donors (Lipinski definition) is 2. The van der Waals surface area contributed by atoms with Crippen molar-refractivity contribution in [3.63, 3.8) is 0 Å². The number of nitrogens with one attached hydrogen (secondary N) is 1. The Hall–Kier alpha value is -3.66. The SMILES string of the molecule is CCOc1ccc(-c2cnc3[nH]cc(/C=C(\C#N)C(N)=O)c3c2)cn1. The molecule has 3 aromatic rings. The molecule has 25 heavy (non-hydrogen) atoms. The van der Waals surface area contributed by atoms with Crippen LogP contribution in [-0.2, 0) is 4.79 Å². The molecule has 0 bridgehead atoms. The van der Waals surface area contributed by atoms with Crippen LogP contribution in [0.2, 0.25) is 0 Å². The van der Waals surface area contributed by atoms with Crippen LogP contribution < -0.4 is 10.5 Å². The predicted molar refractivity (Wildman–Crippen MR) is 93.3 cm³/mol. The number of primary amides is 1. The number of nitrogens with two attached hydrogens (primary N) is 1. The maximum Gasteiger partial charge on any atom is 0.259 e. The zero-order valence-corrected chi connectivity index (χ0v) is 13.5. The Morgan fingerprint density at radius 2 is 2.16 bits per heavy atom. The lowest BCUT2D eigenvalue weighted by molar-refractivity contribution is -0.114. The Morgan fingerprint density at radius 3 is 2.80 bits per heavy atom. The van der Waals surface area contributed by atoms with E-state index in [1.165, 1.54) is 6.08 Å². The first-order chi connectivity index (χ1) is 12.1. The molecule has 0 aliphatic heterocycles. The van der Waals surface area contributed by atoms with Crippen LogP contribution in [0, 0.1) is 11.3 Å². The van der Waals surface area contributed by atoms with Gasteiger partial charge in [0.15, 0.2) is 0 Å². The molecule has 0 atom stereocenters. The van der Waals surface area contributed by atoms with Gasteiger partial charge in [0.25, 0.3) is 5.91 Å². The van der Waals surface area contributed by atoms with E-state index in [2.05, 4.69) is 15.0 Å². The van der Waals surface area contributed by atoms with Gasteiger partial charge in [0.05, 0.1) is 6.61 Å². The third-order valence-corrected chi connectivity index (χ3v) is 3.61. The van der Waals surface area contributed by atoms with Crippen molar-refractivity contribution in [1.82, 2.24) is 15.0 Å². The molecular weight excluding hydrogens is 318 g/mol. The number of aromatic amines is 1. The highest BCUT2D eigenvalue weighted by Gasteiger charge is 2.09. The molecule has 1 amide bonds. The quantitative estimate of drug-likeness (QED) is 0.549. The fourth-order valence-electron chi connectivity index (χ4n) is 2.40. The van der Waals surface area contributed by atoms with Crippen LogP contribution in [0.1, 0.15) is 12.5 Å². The molecule has 0 spiro atoms. The lowest BCUT2D eigenvalue weighted by Crippen LogP contribution is -2.12. The summed E-state index contributed by atoms with van der Waals surface area (Å²) >= 11 is 0. The largest absolute Gasteiger partial charge is 0.478 e. The Bertz CT molecular complexity index is 996. The first kappa shape index (κ1) is 16.2. The highest BCUT2D eigenvalue weighted by molar-refractivity contribution is 6.03. The number of carbonyl (C=O) groups is 1. The maximum absolute atomic E-state index is 11.3. The Labute approximate surface area is 143 Å². The summed E-state index contributed by atoms with van der Waals surface area (Å²) in [6, 6.07) is 7.40. The molecule has 0 aliphatic carbocycles. The van der Waals surface area contributed by atoms with E-state index in [0.717, 1.165) is 16.5 Å². The Morgan fingerprint density at radius 1 is 1.36 bits per heavy atom. The molecule has 0 aromatic carbocycles. The van der Waals surface area contributed by atoms with Gasteiger partial charge in [-0.05, 0) is 25.1 Å². The van der Waals surface area contributed by atoms with E-state index in [0.29, 0.717) is 23.7 Å². The minimum Gasteiger partial charge on any atom is -0.478 e. The van der Waals surface area contributed by atoms with Crippen molar-refractivity contribution in [2.24, 2.45) is 5.73 Å². The normalized spacial score (nSPS) is 11.3. The average Bonchev–Trinajstić information content (AvgIpc) is 3.02. The van der Waals surface area contributed by atoms with Crippen LogP contribution in [0.3, 0.4) is 0 Å². The second-order valence-corrected chi connectivity index (χ2v) is 5.22. The highest BCUT2D eigenvalue weighted by Crippen LogP contribution is 2.26. The van der Waals surface area contributed by atoms with E-state index in [1.54, 1.807) is 30.7 Å². The van der Waals surface area contributed by atoms with Crippen molar-refractivity contribution in [2.45, 2.75) is 6.92 Å². The van der Waals surface area contributed by atoms with Crippen molar-refractivity contribution in [1.29, 1.82) is 5.26 Å². The van der Waals surface area contributed by atoms with Crippen LogP contribution in [0.5, 0.6) is 5.88 Å². The molecule has 3 rings (SSSR count). The summed E-state index contributed by atoms with van der Waals surface area (Å²) in [4.78, 5) is 22.9. The Balaban J connectivity index is 2.03. The topological polar surface area (TPSA) is 118 Å². The number of fused-ring (bicyclic) bond motifs is 1. The molecule has 0 saturated heterocycles. The van der Waals surface area contributed by atoms with Gasteiger partial charge in [0.2, 0.25) is 5.88 Å². The fourth-order valence-corrected chi connectivity index (χ4v) is 2.40. The molecule has 3 heterocycles. The van der Waals surface area contributed by atoms with Crippen molar-refractivity contribution in [3.05, 3.63) is 47.9 Å². The van der Waals surface area contributed by atoms with Gasteiger partial charge in [-0.1, -0.05) is 0 Å². The Kier molecular flexibility index (Phi) is 4.44. The van der Waals surface area contributed by atoms with E-state index in [-0.39, 0.29) is 5.57 Å². The lowest BCUT2D eigenvalue weighted by Gasteiger charge is -2.04. The number of nitrogens with zero attached hydrogens (tertiary/aromatic N) is 3. The maximum atomic E-state index is 11.3. The summed E-state index contributed by atoms with van der Waals surface area (Å²) < 4.78 is 5.34. The molecule has 0 aliphatic rings. The highest BCUT2D eigenvalue weighted by atomic mass is 16.5. The monoisotopic (exact) mass is 333 g/mol. The molecule has 7 heteroatoms. The van der Waals surface area contributed by atoms with Crippen LogP contribution in [0.15, 0.2) is 42.4 Å². The van der Waals surface area contributed by atoms with Gasteiger partial charge in [0, 0.05) is 46.7 Å². The van der Waals surface area contributed by atoms with Gasteiger partial charge in [0.1, 0.15) is 17.3 Å². The second-order valence-electron chi connectivity index (χ2n) is 5.22. The summed E-state index contributed by atoms with van der Waals surface area (Å²) in [6.45, 7) is 2.45. The number of amides is 1. The number of ether oxygens (including phenoxy) is 1. The van der Waals surface area contributed by atoms with Crippen LogP contribution in [0.4, 0.5) is 0 Å². The molecule has 0 saturated carbocycles. The van der Waals surface area contributed by atoms with E-state index in [4.69, 9.17) is 15.7 Å². The molecule has 7 nitrogen and oxygen atoms in total. The smallest absolute Gasteiger partial charge is 0.259 e. The van der Waals surface area contributed by atoms with Gasteiger partial charge in [-0.25, -0.2) is 9.97 Å². The van der Waals surface area contributed by atoms with Gasteiger partial charge >= 0.3 is 0 Å². The molecule has 3 N–H and O–H groups in total. The number of rotatable bonds is 5. The zero-order valence-electron chi connectivity index (χ0n) is 13.5. The van der Waals surface area contributed by atoms with E-state index in [9.17, 15) is 4.79 Å². The van der Waals surface area contributed by atoms with Crippen molar-refractivity contribution in [2.75, 3.05) is 6.61 Å². The average molecular weight is 333 g/mol. The molecule has 0 fully saturated rings. The first-order valence-electron chi connectivity index (χ1n) is 7.60. The molecule has 3 aromatic heterocycles. The first-order valence-corrected chi connectivity index (χ1v) is 7.60. The van der Waals surface area contributed by atoms with Gasteiger partial charge in [-0.3, -0.25) is 4.79 Å². The number of nitriles is 1. The number of hydrogen-bond acceptors (Lipinski definition) is 5. The van der Waals surface area contributed by atoms with Gasteiger partial charge in [-0.2, -0.15) is 5.26 Å². The minimum atomic E-state index is -0.767. The molecule has 0 unspecified atom stereocenters. The summed E-state index contributed by atoms with van der Waals surface area (Å²) in [5, 5.41) is 9.78. The minimum absolute atomic E-state index is 0.117. The molecule has 124 valence electrons. The van der Waals surface area contributed by atoms with E-state index in [1.807, 2.05) is 19.1 Å². The summed E-state index contributed by atoms with van der Waals surface area (Å²) in [7, 11) is 0.